The number of nitrogens with one attached hydrogen (secondary N) is 1. The van der Waals surface area contributed by atoms with Crippen LogP contribution in [-0.2, 0) is 4.74 Å². The van der Waals surface area contributed by atoms with Gasteiger partial charge in [0, 0.05) is 11.3 Å². The van der Waals surface area contributed by atoms with Crippen LogP contribution in [0.1, 0.15) is 38.1 Å². The third-order valence-electron chi connectivity index (χ3n) is 4.06. The summed E-state index contributed by atoms with van der Waals surface area (Å²) in [5.41, 5.74) is 2.44. The van der Waals surface area contributed by atoms with E-state index in [1.165, 1.54) is 26.4 Å². The molecule has 0 aliphatic carbocycles. The van der Waals surface area contributed by atoms with Gasteiger partial charge in [-0.05, 0) is 36.8 Å². The van der Waals surface area contributed by atoms with Crippen molar-refractivity contribution in [2.75, 3.05) is 19.5 Å². The Balaban J connectivity index is 2.00. The van der Waals surface area contributed by atoms with Crippen LogP contribution in [0.4, 0.5) is 5.69 Å². The number of carbonyl (C=O) groups excluding carboxylic acids is 1. The Morgan fingerprint density at radius 3 is 2.60 bits per heavy atom. The second-order valence-corrected chi connectivity index (χ2v) is 5.53. The largest absolute Gasteiger partial charge is 0.493 e. The summed E-state index contributed by atoms with van der Waals surface area (Å²) >= 11 is 0. The van der Waals surface area contributed by atoms with Crippen molar-refractivity contribution in [3.05, 3.63) is 52.6 Å². The highest BCUT2D eigenvalue weighted by Gasteiger charge is 2.36. The van der Waals surface area contributed by atoms with Crippen LogP contribution in [0.5, 0.6) is 11.5 Å². The number of hydrogen-bond donors (Lipinski definition) is 2. The molecule has 25 heavy (non-hydrogen) atoms. The minimum Gasteiger partial charge on any atom is -0.493 e. The molecule has 7 nitrogen and oxygen atoms in total. The van der Waals surface area contributed by atoms with Gasteiger partial charge in [0.15, 0.2) is 11.5 Å². The monoisotopic (exact) mass is 343 g/mol. The minimum absolute atomic E-state index is 0.143. The normalized spacial score (nSPS) is 15.3. The van der Waals surface area contributed by atoms with Crippen LogP contribution in [0.3, 0.4) is 0 Å². The molecule has 0 bridgehead atoms. The Hall–Kier alpha value is -3.22. The maximum atomic E-state index is 12.3. The molecule has 1 aliphatic rings. The molecule has 0 saturated carbocycles. The number of ether oxygens (including phenoxy) is 3. The summed E-state index contributed by atoms with van der Waals surface area (Å²) in [6.07, 6.45) is -0.745. The number of carboxylic acids is 1. The maximum absolute atomic E-state index is 12.3. The quantitative estimate of drug-likeness (QED) is 0.806. The zero-order valence-corrected chi connectivity index (χ0v) is 14.0. The van der Waals surface area contributed by atoms with Gasteiger partial charge >= 0.3 is 11.9 Å². The van der Waals surface area contributed by atoms with Crippen molar-refractivity contribution < 1.29 is 28.9 Å². The first-order valence-electron chi connectivity index (χ1n) is 7.52. The Morgan fingerprint density at radius 2 is 1.96 bits per heavy atom. The summed E-state index contributed by atoms with van der Waals surface area (Å²) in [6.45, 7) is 1.83. The van der Waals surface area contributed by atoms with E-state index in [1.807, 2.05) is 6.92 Å². The lowest BCUT2D eigenvalue weighted by Gasteiger charge is -2.17. The molecule has 2 aromatic rings. The van der Waals surface area contributed by atoms with E-state index in [-0.39, 0.29) is 5.56 Å². The van der Waals surface area contributed by atoms with Crippen LogP contribution < -0.4 is 14.8 Å². The van der Waals surface area contributed by atoms with E-state index in [0.717, 1.165) is 5.56 Å². The first-order valence-corrected chi connectivity index (χ1v) is 7.52. The van der Waals surface area contributed by atoms with Crippen LogP contribution in [0.15, 0.2) is 30.3 Å². The molecule has 0 radical (unpaired) electrons. The number of carboxylic acid groups (broad SMARTS) is 1. The van der Waals surface area contributed by atoms with E-state index in [1.54, 1.807) is 18.2 Å². The molecular weight excluding hydrogens is 326 g/mol. The molecule has 1 heterocycles. The Morgan fingerprint density at radius 1 is 1.20 bits per heavy atom. The molecule has 1 aliphatic heterocycles. The minimum atomic E-state index is -1.03. The smallest absolute Gasteiger partial charge is 0.344 e. The molecule has 1 atom stereocenters. The number of rotatable bonds is 5. The van der Waals surface area contributed by atoms with Gasteiger partial charge < -0.3 is 24.6 Å². The predicted octanol–water partition coefficient (Wildman–Crippen LogP) is 2.99. The van der Waals surface area contributed by atoms with Crippen LogP contribution in [0, 0.1) is 6.92 Å². The third-order valence-corrected chi connectivity index (χ3v) is 4.06. The number of benzene rings is 2. The first-order chi connectivity index (χ1) is 12.0. The van der Waals surface area contributed by atoms with Gasteiger partial charge in [-0.15, -0.1) is 0 Å². The lowest BCUT2D eigenvalue weighted by atomic mass is 10.1. The summed E-state index contributed by atoms with van der Waals surface area (Å²) in [5, 5.41) is 12.2. The van der Waals surface area contributed by atoms with Gasteiger partial charge in [-0.2, -0.15) is 0 Å². The number of aryl methyl sites for hydroxylation is 1. The summed E-state index contributed by atoms with van der Waals surface area (Å²) in [6, 6.07) is 8.12. The van der Waals surface area contributed by atoms with Crippen molar-refractivity contribution >= 4 is 17.6 Å². The number of anilines is 1. The van der Waals surface area contributed by atoms with Gasteiger partial charge in [-0.1, -0.05) is 6.07 Å². The standard InChI is InChI=1S/C18H17NO6/c1-9-4-5-10(17(20)21)8-12(9)19-16-11-6-7-13(23-2)15(24-3)14(11)18(22)25-16/h4-8,16,19H,1-3H3,(H,20,21)/t16-/m0/s1. The molecular formula is C18H17NO6. The molecule has 0 unspecified atom stereocenters. The number of aromatic carboxylic acids is 1. The van der Waals surface area contributed by atoms with Crippen LogP contribution in [0.2, 0.25) is 0 Å². The van der Waals surface area contributed by atoms with E-state index in [9.17, 15) is 9.59 Å². The van der Waals surface area contributed by atoms with Crippen LogP contribution >= 0.6 is 0 Å². The first kappa shape index (κ1) is 16.6. The molecule has 0 fully saturated rings. The van der Waals surface area contributed by atoms with Crippen molar-refractivity contribution in [3.8, 4) is 11.5 Å². The van der Waals surface area contributed by atoms with E-state index in [2.05, 4.69) is 5.32 Å². The van der Waals surface area contributed by atoms with E-state index in [4.69, 9.17) is 19.3 Å². The fraction of sp³-hybridized carbons (Fsp3) is 0.222. The van der Waals surface area contributed by atoms with Gasteiger partial charge in [-0.25, -0.2) is 9.59 Å². The van der Waals surface area contributed by atoms with Crippen molar-refractivity contribution in [2.45, 2.75) is 13.2 Å². The van der Waals surface area contributed by atoms with Gasteiger partial charge in [0.2, 0.25) is 6.23 Å². The number of fused-ring (bicyclic) bond motifs is 1. The second-order valence-electron chi connectivity index (χ2n) is 5.53. The highest BCUT2D eigenvalue weighted by Crippen LogP contribution is 2.42. The maximum Gasteiger partial charge on any atom is 0.344 e. The average molecular weight is 343 g/mol. The molecule has 2 N–H and O–H groups in total. The fourth-order valence-corrected chi connectivity index (χ4v) is 2.76. The number of hydrogen-bond acceptors (Lipinski definition) is 6. The predicted molar refractivity (Wildman–Crippen MR) is 89.5 cm³/mol. The number of esters is 1. The summed E-state index contributed by atoms with van der Waals surface area (Å²) in [4.78, 5) is 23.4. The Labute approximate surface area is 144 Å². The van der Waals surface area contributed by atoms with Crippen molar-refractivity contribution in [3.63, 3.8) is 0 Å². The molecule has 130 valence electrons. The molecule has 2 aromatic carbocycles. The molecule has 0 saturated heterocycles. The van der Waals surface area contributed by atoms with Gasteiger partial charge in [0.05, 0.1) is 19.8 Å². The second kappa shape index (κ2) is 6.35. The topological polar surface area (TPSA) is 94.1 Å². The SMILES string of the molecule is COc1ccc2c(c1OC)C(=O)O[C@@H]2Nc1cc(C(=O)O)ccc1C. The highest BCUT2D eigenvalue weighted by molar-refractivity contribution is 5.98. The number of methoxy groups -OCH3 is 2. The van der Waals surface area contributed by atoms with Crippen molar-refractivity contribution in [1.29, 1.82) is 0 Å². The summed E-state index contributed by atoms with van der Waals surface area (Å²) < 4.78 is 15.9. The molecule has 3 rings (SSSR count). The lowest BCUT2D eigenvalue weighted by Crippen LogP contribution is -2.12. The van der Waals surface area contributed by atoms with Crippen LogP contribution in [0.25, 0.3) is 0 Å². The average Bonchev–Trinajstić information content (AvgIpc) is 2.91. The summed E-state index contributed by atoms with van der Waals surface area (Å²) in [7, 11) is 2.94. The van der Waals surface area contributed by atoms with Gasteiger partial charge in [-0.3, -0.25) is 0 Å². The van der Waals surface area contributed by atoms with Crippen molar-refractivity contribution in [1.82, 2.24) is 0 Å². The van der Waals surface area contributed by atoms with Crippen LogP contribution in [-0.4, -0.2) is 31.3 Å². The number of carbonyl (C=O) groups is 2. The zero-order chi connectivity index (χ0) is 18.1. The molecule has 0 aromatic heterocycles. The highest BCUT2D eigenvalue weighted by atomic mass is 16.6. The third kappa shape index (κ3) is 2.84. The van der Waals surface area contributed by atoms with Gasteiger partial charge in [0.25, 0.3) is 0 Å². The van der Waals surface area contributed by atoms with Gasteiger partial charge in [0.1, 0.15) is 5.56 Å². The number of cyclic esters (lactones) is 1. The molecule has 0 spiro atoms. The zero-order valence-electron chi connectivity index (χ0n) is 14.0. The van der Waals surface area contributed by atoms with E-state index < -0.39 is 18.2 Å². The van der Waals surface area contributed by atoms with Crippen molar-refractivity contribution in [2.24, 2.45) is 0 Å². The fourth-order valence-electron chi connectivity index (χ4n) is 2.76. The lowest BCUT2D eigenvalue weighted by molar-refractivity contribution is 0.0434. The molecule has 7 heteroatoms. The van der Waals surface area contributed by atoms with E-state index >= 15 is 0 Å². The van der Waals surface area contributed by atoms with E-state index in [0.29, 0.717) is 28.3 Å². The summed E-state index contributed by atoms with van der Waals surface area (Å²) in [5.74, 6) is -0.818. The molecule has 0 amide bonds. The Kier molecular flexibility index (Phi) is 4.22. The Bertz CT molecular complexity index is 861.